The number of hydrogen-bond acceptors (Lipinski definition) is 3. The highest BCUT2D eigenvalue weighted by Crippen LogP contribution is 2.20. The number of rotatable bonds is 6. The number of benzene rings is 2. The van der Waals surface area contributed by atoms with Gasteiger partial charge in [-0.15, -0.1) is 0 Å². The molecule has 7 heteroatoms. The summed E-state index contributed by atoms with van der Waals surface area (Å²) in [5.74, 6) is -0.203. The molecule has 0 aliphatic rings. The van der Waals surface area contributed by atoms with Crippen LogP contribution in [0.2, 0.25) is 0 Å². The molecule has 3 aromatic rings. The van der Waals surface area contributed by atoms with Crippen LogP contribution >= 0.6 is 0 Å². The maximum atomic E-state index is 12.6. The molecule has 0 fully saturated rings. The molecule has 1 unspecified atom stereocenters. The molecule has 3 N–H and O–H groups in total. The van der Waals surface area contributed by atoms with E-state index in [2.05, 4.69) is 15.0 Å². The maximum Gasteiger partial charge on any atom is 0.240 e. The van der Waals surface area contributed by atoms with Crippen molar-refractivity contribution in [1.29, 1.82) is 0 Å². The fourth-order valence-corrected chi connectivity index (χ4v) is 4.17. The zero-order valence-corrected chi connectivity index (χ0v) is 15.4. The third kappa shape index (κ3) is 4.12. The minimum atomic E-state index is -3.63. The molecule has 2 aromatic carbocycles. The van der Waals surface area contributed by atoms with Gasteiger partial charge >= 0.3 is 0 Å². The molecule has 1 aromatic heterocycles. The van der Waals surface area contributed by atoms with E-state index in [4.69, 9.17) is 0 Å². The number of carbonyl (C=O) groups is 1. The Labute approximate surface area is 152 Å². The second kappa shape index (κ2) is 7.31. The van der Waals surface area contributed by atoms with Gasteiger partial charge < -0.3 is 10.3 Å². The second-order valence-corrected chi connectivity index (χ2v) is 8.01. The molecule has 1 heterocycles. The fourth-order valence-electron chi connectivity index (χ4n) is 2.93. The van der Waals surface area contributed by atoms with E-state index in [9.17, 15) is 13.2 Å². The molecule has 0 saturated carbocycles. The standard InChI is InChI=1S/C19H21N3O3S/c1-13(11-15-12-20-19-6-4-3-5-18(15)19)22-26(24,25)17-9-7-16(8-10-17)21-14(2)23/h3-10,12-13,20,22H,11H2,1-2H3,(H,21,23). The number of carbonyl (C=O) groups excluding carboxylic acids is 1. The van der Waals surface area contributed by atoms with Crippen LogP contribution in [0.15, 0.2) is 59.6 Å². The Morgan fingerprint density at radius 1 is 1.12 bits per heavy atom. The van der Waals surface area contributed by atoms with Crippen molar-refractivity contribution in [1.82, 2.24) is 9.71 Å². The van der Waals surface area contributed by atoms with Gasteiger partial charge in [0.2, 0.25) is 15.9 Å². The number of hydrogen-bond donors (Lipinski definition) is 3. The molecule has 3 rings (SSSR count). The van der Waals surface area contributed by atoms with Gasteiger partial charge in [-0.25, -0.2) is 13.1 Å². The topological polar surface area (TPSA) is 91.1 Å². The normalized spacial score (nSPS) is 12.8. The lowest BCUT2D eigenvalue weighted by Gasteiger charge is -2.14. The Morgan fingerprint density at radius 2 is 1.81 bits per heavy atom. The van der Waals surface area contributed by atoms with Crippen LogP contribution in [0.5, 0.6) is 0 Å². The quantitative estimate of drug-likeness (QED) is 0.622. The van der Waals surface area contributed by atoms with Gasteiger partial charge in [0.15, 0.2) is 0 Å². The summed E-state index contributed by atoms with van der Waals surface area (Å²) < 4.78 is 27.8. The summed E-state index contributed by atoms with van der Waals surface area (Å²) in [7, 11) is -3.63. The van der Waals surface area contributed by atoms with Crippen LogP contribution in [-0.2, 0) is 21.2 Å². The Kier molecular flexibility index (Phi) is 5.11. The van der Waals surface area contributed by atoms with Gasteiger partial charge in [0.1, 0.15) is 0 Å². The van der Waals surface area contributed by atoms with Crippen LogP contribution in [-0.4, -0.2) is 25.4 Å². The van der Waals surface area contributed by atoms with Gasteiger partial charge in [-0.05, 0) is 49.2 Å². The average Bonchev–Trinajstić information content (AvgIpc) is 2.97. The Balaban J connectivity index is 1.71. The van der Waals surface area contributed by atoms with Crippen molar-refractivity contribution in [3.63, 3.8) is 0 Å². The lowest BCUT2D eigenvalue weighted by molar-refractivity contribution is -0.114. The summed E-state index contributed by atoms with van der Waals surface area (Å²) in [6.07, 6.45) is 2.49. The van der Waals surface area contributed by atoms with E-state index in [-0.39, 0.29) is 16.8 Å². The van der Waals surface area contributed by atoms with Gasteiger partial charge in [-0.1, -0.05) is 18.2 Å². The summed E-state index contributed by atoms with van der Waals surface area (Å²) >= 11 is 0. The predicted molar refractivity (Wildman–Crippen MR) is 103 cm³/mol. The number of aromatic amines is 1. The first kappa shape index (κ1) is 18.2. The minimum Gasteiger partial charge on any atom is -0.361 e. The Bertz CT molecular complexity index is 1020. The average molecular weight is 371 g/mol. The summed E-state index contributed by atoms with van der Waals surface area (Å²) in [4.78, 5) is 14.4. The first-order chi connectivity index (χ1) is 12.3. The van der Waals surface area contributed by atoms with E-state index in [1.165, 1.54) is 19.1 Å². The lowest BCUT2D eigenvalue weighted by Crippen LogP contribution is -2.34. The van der Waals surface area contributed by atoms with Crippen molar-refractivity contribution in [2.24, 2.45) is 0 Å². The molecular weight excluding hydrogens is 350 g/mol. The first-order valence-electron chi connectivity index (χ1n) is 8.30. The Hall–Kier alpha value is -2.64. The molecule has 0 saturated heterocycles. The second-order valence-electron chi connectivity index (χ2n) is 6.29. The highest BCUT2D eigenvalue weighted by Gasteiger charge is 2.18. The molecule has 0 bridgehead atoms. The van der Waals surface area contributed by atoms with E-state index in [1.807, 2.05) is 37.4 Å². The van der Waals surface area contributed by atoms with Gasteiger partial charge in [0.05, 0.1) is 4.90 Å². The SMILES string of the molecule is CC(=O)Nc1ccc(S(=O)(=O)NC(C)Cc2c[nH]c3ccccc23)cc1. The number of amides is 1. The molecule has 0 aliphatic carbocycles. The van der Waals surface area contributed by atoms with Gasteiger partial charge in [0.25, 0.3) is 0 Å². The first-order valence-corrected chi connectivity index (χ1v) is 9.78. The van der Waals surface area contributed by atoms with Crippen molar-refractivity contribution >= 4 is 32.5 Å². The van der Waals surface area contributed by atoms with E-state index < -0.39 is 10.0 Å². The van der Waals surface area contributed by atoms with Crippen LogP contribution < -0.4 is 10.0 Å². The van der Waals surface area contributed by atoms with Crippen LogP contribution in [0, 0.1) is 0 Å². The molecule has 136 valence electrons. The van der Waals surface area contributed by atoms with Crippen LogP contribution in [0.4, 0.5) is 5.69 Å². The molecular formula is C19H21N3O3S. The zero-order chi connectivity index (χ0) is 18.7. The molecule has 1 atom stereocenters. The molecule has 6 nitrogen and oxygen atoms in total. The highest BCUT2D eigenvalue weighted by molar-refractivity contribution is 7.89. The zero-order valence-electron chi connectivity index (χ0n) is 14.6. The molecule has 0 aliphatic heterocycles. The Morgan fingerprint density at radius 3 is 2.50 bits per heavy atom. The van der Waals surface area contributed by atoms with Crippen molar-refractivity contribution in [2.45, 2.75) is 31.2 Å². The number of para-hydroxylation sites is 1. The van der Waals surface area contributed by atoms with E-state index in [0.29, 0.717) is 12.1 Å². The monoisotopic (exact) mass is 371 g/mol. The van der Waals surface area contributed by atoms with E-state index in [0.717, 1.165) is 16.5 Å². The highest BCUT2D eigenvalue weighted by atomic mass is 32.2. The number of nitrogens with one attached hydrogen (secondary N) is 3. The largest absolute Gasteiger partial charge is 0.361 e. The summed E-state index contributed by atoms with van der Waals surface area (Å²) in [5.41, 5.74) is 2.66. The lowest BCUT2D eigenvalue weighted by atomic mass is 10.1. The fraction of sp³-hybridized carbons (Fsp3) is 0.211. The maximum absolute atomic E-state index is 12.6. The number of H-pyrrole nitrogens is 1. The number of aromatic nitrogens is 1. The van der Waals surface area contributed by atoms with Crippen molar-refractivity contribution < 1.29 is 13.2 Å². The van der Waals surface area contributed by atoms with Gasteiger partial charge in [-0.3, -0.25) is 4.79 Å². The minimum absolute atomic E-state index is 0.164. The third-order valence-electron chi connectivity index (χ3n) is 4.04. The molecule has 0 radical (unpaired) electrons. The van der Waals surface area contributed by atoms with Crippen molar-refractivity contribution in [3.8, 4) is 0 Å². The number of sulfonamides is 1. The van der Waals surface area contributed by atoms with E-state index in [1.54, 1.807) is 12.1 Å². The number of fused-ring (bicyclic) bond motifs is 1. The van der Waals surface area contributed by atoms with Gasteiger partial charge in [0, 0.05) is 35.8 Å². The van der Waals surface area contributed by atoms with Crippen LogP contribution in [0.25, 0.3) is 10.9 Å². The van der Waals surface area contributed by atoms with E-state index >= 15 is 0 Å². The summed E-state index contributed by atoms with van der Waals surface area (Å²) in [5, 5.41) is 3.71. The van der Waals surface area contributed by atoms with Crippen molar-refractivity contribution in [3.05, 3.63) is 60.3 Å². The predicted octanol–water partition coefficient (Wildman–Crippen LogP) is 3.04. The third-order valence-corrected chi connectivity index (χ3v) is 5.65. The van der Waals surface area contributed by atoms with Crippen LogP contribution in [0.1, 0.15) is 19.4 Å². The van der Waals surface area contributed by atoms with Crippen molar-refractivity contribution in [2.75, 3.05) is 5.32 Å². The molecule has 1 amide bonds. The summed E-state index contributed by atoms with van der Waals surface area (Å²) in [6, 6.07) is 13.8. The number of anilines is 1. The van der Waals surface area contributed by atoms with Crippen LogP contribution in [0.3, 0.4) is 0 Å². The molecule has 0 spiro atoms. The van der Waals surface area contributed by atoms with Gasteiger partial charge in [-0.2, -0.15) is 0 Å². The summed E-state index contributed by atoms with van der Waals surface area (Å²) in [6.45, 7) is 3.24. The smallest absolute Gasteiger partial charge is 0.240 e. The molecule has 26 heavy (non-hydrogen) atoms.